The molecule has 1 amide bonds. The zero-order chi connectivity index (χ0) is 14.5. The SMILES string of the molecule is NC(N)=NC(=O)c1cc2ccccc2n1CCCCO. The molecule has 0 radical (unpaired) electrons. The number of para-hydroxylation sites is 1. The Kier molecular flexibility index (Phi) is 4.37. The van der Waals surface area contributed by atoms with Gasteiger partial charge in [0.1, 0.15) is 5.69 Å². The second kappa shape index (κ2) is 6.21. The van der Waals surface area contributed by atoms with Gasteiger partial charge in [-0.25, -0.2) is 0 Å². The van der Waals surface area contributed by atoms with Crippen molar-refractivity contribution in [2.45, 2.75) is 19.4 Å². The summed E-state index contributed by atoms with van der Waals surface area (Å²) in [6, 6.07) is 9.49. The zero-order valence-electron chi connectivity index (χ0n) is 11.1. The van der Waals surface area contributed by atoms with Crippen LogP contribution in [0.25, 0.3) is 10.9 Å². The summed E-state index contributed by atoms with van der Waals surface area (Å²) in [5, 5.41) is 9.84. The minimum absolute atomic E-state index is 0.135. The monoisotopic (exact) mass is 274 g/mol. The molecule has 0 saturated carbocycles. The largest absolute Gasteiger partial charge is 0.396 e. The summed E-state index contributed by atoms with van der Waals surface area (Å²) in [7, 11) is 0. The number of benzene rings is 1. The third-order valence-corrected chi connectivity index (χ3v) is 3.05. The van der Waals surface area contributed by atoms with Crippen LogP contribution >= 0.6 is 0 Å². The van der Waals surface area contributed by atoms with Crippen LogP contribution in [0.5, 0.6) is 0 Å². The molecule has 1 aromatic heterocycles. The van der Waals surface area contributed by atoms with Crippen LogP contribution in [-0.2, 0) is 6.54 Å². The molecule has 5 N–H and O–H groups in total. The predicted molar refractivity (Wildman–Crippen MR) is 78.4 cm³/mol. The molecule has 0 unspecified atom stereocenters. The van der Waals surface area contributed by atoms with Crippen LogP contribution in [0.4, 0.5) is 0 Å². The minimum atomic E-state index is -0.454. The van der Waals surface area contributed by atoms with E-state index in [0.29, 0.717) is 18.7 Å². The van der Waals surface area contributed by atoms with Gasteiger partial charge in [-0.15, -0.1) is 0 Å². The molecule has 0 saturated heterocycles. The first kappa shape index (κ1) is 14.1. The van der Waals surface area contributed by atoms with Crippen LogP contribution in [0.3, 0.4) is 0 Å². The number of carbonyl (C=O) groups excluding carboxylic acids is 1. The molecule has 1 heterocycles. The molecule has 2 rings (SSSR count). The first-order chi connectivity index (χ1) is 9.63. The molecule has 0 aliphatic carbocycles. The summed E-state index contributed by atoms with van der Waals surface area (Å²) in [6.45, 7) is 0.769. The van der Waals surface area contributed by atoms with Gasteiger partial charge in [0.2, 0.25) is 0 Å². The van der Waals surface area contributed by atoms with E-state index < -0.39 is 5.91 Å². The van der Waals surface area contributed by atoms with E-state index >= 15 is 0 Å². The van der Waals surface area contributed by atoms with Gasteiger partial charge in [-0.1, -0.05) is 18.2 Å². The van der Waals surface area contributed by atoms with Crippen molar-refractivity contribution in [3.05, 3.63) is 36.0 Å². The van der Waals surface area contributed by atoms with Gasteiger partial charge in [-0.2, -0.15) is 4.99 Å². The van der Waals surface area contributed by atoms with E-state index in [0.717, 1.165) is 17.3 Å². The predicted octanol–water partition coefficient (Wildman–Crippen LogP) is 0.827. The van der Waals surface area contributed by atoms with Crippen molar-refractivity contribution >= 4 is 22.8 Å². The Labute approximate surface area is 116 Å². The number of guanidine groups is 1. The number of nitrogens with zero attached hydrogens (tertiary/aromatic N) is 2. The second-order valence-electron chi connectivity index (χ2n) is 4.51. The maximum Gasteiger partial charge on any atom is 0.296 e. The maximum atomic E-state index is 12.1. The fourth-order valence-corrected chi connectivity index (χ4v) is 2.18. The van der Waals surface area contributed by atoms with Crippen LogP contribution in [0, 0.1) is 0 Å². The van der Waals surface area contributed by atoms with Crippen molar-refractivity contribution in [2.24, 2.45) is 16.5 Å². The lowest BCUT2D eigenvalue weighted by molar-refractivity contribution is 0.0994. The molecule has 20 heavy (non-hydrogen) atoms. The molecule has 0 bridgehead atoms. The molecule has 0 aliphatic rings. The number of aryl methyl sites for hydroxylation is 1. The highest BCUT2D eigenvalue weighted by Gasteiger charge is 2.14. The number of aliphatic hydroxyl groups is 1. The molecule has 6 nitrogen and oxygen atoms in total. The van der Waals surface area contributed by atoms with E-state index in [4.69, 9.17) is 16.6 Å². The Bertz CT molecular complexity index is 642. The van der Waals surface area contributed by atoms with Crippen LogP contribution in [0.15, 0.2) is 35.3 Å². The second-order valence-corrected chi connectivity index (χ2v) is 4.51. The van der Waals surface area contributed by atoms with Gasteiger partial charge in [-0.3, -0.25) is 4.79 Å². The minimum Gasteiger partial charge on any atom is -0.396 e. The number of nitrogens with two attached hydrogens (primary N) is 2. The Hall–Kier alpha value is -2.34. The topological polar surface area (TPSA) is 107 Å². The van der Waals surface area contributed by atoms with Crippen LogP contribution in [-0.4, -0.2) is 28.1 Å². The molecule has 0 spiro atoms. The third kappa shape index (κ3) is 2.97. The van der Waals surface area contributed by atoms with Gasteiger partial charge in [0, 0.05) is 24.1 Å². The van der Waals surface area contributed by atoms with Crippen LogP contribution in [0.2, 0.25) is 0 Å². The Morgan fingerprint density at radius 1 is 1.25 bits per heavy atom. The van der Waals surface area contributed by atoms with E-state index in [2.05, 4.69) is 4.99 Å². The highest BCUT2D eigenvalue weighted by Crippen LogP contribution is 2.21. The number of aliphatic hydroxyl groups excluding tert-OH is 1. The van der Waals surface area contributed by atoms with E-state index in [1.54, 1.807) is 6.07 Å². The zero-order valence-corrected chi connectivity index (χ0v) is 11.1. The van der Waals surface area contributed by atoms with Crippen molar-refractivity contribution in [2.75, 3.05) is 6.61 Å². The van der Waals surface area contributed by atoms with Gasteiger partial charge in [0.15, 0.2) is 5.96 Å². The number of aliphatic imine (C=N–C) groups is 1. The summed E-state index contributed by atoms with van der Waals surface area (Å²) in [4.78, 5) is 15.7. The number of carbonyl (C=O) groups is 1. The lowest BCUT2D eigenvalue weighted by Gasteiger charge is -2.08. The van der Waals surface area contributed by atoms with Crippen molar-refractivity contribution < 1.29 is 9.90 Å². The van der Waals surface area contributed by atoms with E-state index in [1.165, 1.54) is 0 Å². The van der Waals surface area contributed by atoms with Crippen molar-refractivity contribution in [3.8, 4) is 0 Å². The Morgan fingerprint density at radius 2 is 2.00 bits per heavy atom. The van der Waals surface area contributed by atoms with Crippen LogP contribution in [0.1, 0.15) is 23.3 Å². The first-order valence-electron chi connectivity index (χ1n) is 6.46. The molecule has 106 valence electrons. The molecule has 0 aliphatic heterocycles. The van der Waals surface area contributed by atoms with Crippen molar-refractivity contribution in [1.29, 1.82) is 0 Å². The summed E-state index contributed by atoms with van der Waals surface area (Å²) in [5.74, 6) is -0.702. The van der Waals surface area contributed by atoms with Crippen molar-refractivity contribution in [1.82, 2.24) is 4.57 Å². The summed E-state index contributed by atoms with van der Waals surface area (Å²) in [5.41, 5.74) is 11.9. The number of amides is 1. The van der Waals surface area contributed by atoms with Gasteiger partial charge < -0.3 is 21.1 Å². The highest BCUT2D eigenvalue weighted by atomic mass is 16.2. The highest BCUT2D eigenvalue weighted by molar-refractivity contribution is 6.04. The van der Waals surface area contributed by atoms with Crippen LogP contribution < -0.4 is 11.5 Å². The summed E-state index contributed by atoms with van der Waals surface area (Å²) < 4.78 is 1.89. The van der Waals surface area contributed by atoms with E-state index in [9.17, 15) is 4.79 Å². The average Bonchev–Trinajstić information content (AvgIpc) is 2.78. The molecule has 1 aromatic carbocycles. The fraction of sp³-hybridized carbons (Fsp3) is 0.286. The Balaban J connectivity index is 2.43. The molecule has 0 fully saturated rings. The van der Waals surface area contributed by atoms with Gasteiger partial charge in [0.05, 0.1) is 0 Å². The lowest BCUT2D eigenvalue weighted by Crippen LogP contribution is -2.24. The Morgan fingerprint density at radius 3 is 2.70 bits per heavy atom. The quantitative estimate of drug-likeness (QED) is 0.426. The molecule has 0 atom stereocenters. The van der Waals surface area contributed by atoms with E-state index in [-0.39, 0.29) is 12.6 Å². The lowest BCUT2D eigenvalue weighted by atomic mass is 10.2. The van der Waals surface area contributed by atoms with Crippen molar-refractivity contribution in [3.63, 3.8) is 0 Å². The number of hydrogen-bond acceptors (Lipinski definition) is 2. The standard InChI is InChI=1S/C14H18N4O2/c15-14(16)17-13(20)12-9-10-5-1-2-6-11(10)18(12)7-3-4-8-19/h1-2,5-6,9,19H,3-4,7-8H2,(H4,15,16,17,20). The third-order valence-electron chi connectivity index (χ3n) is 3.05. The smallest absolute Gasteiger partial charge is 0.296 e. The summed E-state index contributed by atoms with van der Waals surface area (Å²) in [6.07, 6.45) is 1.46. The summed E-state index contributed by atoms with van der Waals surface area (Å²) >= 11 is 0. The molecule has 6 heteroatoms. The van der Waals surface area contributed by atoms with Gasteiger partial charge in [0.25, 0.3) is 5.91 Å². The molecular formula is C14H18N4O2. The number of aromatic nitrogens is 1. The van der Waals surface area contributed by atoms with Gasteiger partial charge >= 0.3 is 0 Å². The molecule has 2 aromatic rings. The fourth-order valence-electron chi connectivity index (χ4n) is 2.18. The normalized spacial score (nSPS) is 10.7. The number of hydrogen-bond donors (Lipinski definition) is 3. The van der Waals surface area contributed by atoms with Gasteiger partial charge in [-0.05, 0) is 25.0 Å². The molecular weight excluding hydrogens is 256 g/mol. The number of fused-ring (bicyclic) bond motifs is 1. The maximum absolute atomic E-state index is 12.1. The average molecular weight is 274 g/mol. The number of unbranched alkanes of at least 4 members (excludes halogenated alkanes) is 1. The number of rotatable bonds is 5. The van der Waals surface area contributed by atoms with E-state index in [1.807, 2.05) is 28.8 Å². The first-order valence-corrected chi connectivity index (χ1v) is 6.46.